The third-order valence-electron chi connectivity index (χ3n) is 4.22. The van der Waals surface area contributed by atoms with Crippen molar-refractivity contribution in [1.82, 2.24) is 40.8 Å². The largest absolute Gasteiger partial charge is 0.272 e. The summed E-state index contributed by atoms with van der Waals surface area (Å²) in [6.45, 7) is 0.424. The van der Waals surface area contributed by atoms with Crippen molar-refractivity contribution in [2.24, 2.45) is 0 Å². The molecular formula is C19H15ClN8O2. The van der Waals surface area contributed by atoms with Gasteiger partial charge in [-0.05, 0) is 46.3 Å². The van der Waals surface area contributed by atoms with Crippen molar-refractivity contribution in [3.05, 3.63) is 89.0 Å². The number of carbonyl (C=O) groups excluding carboxylic acids is 2. The second-order valence-electron chi connectivity index (χ2n) is 6.23. The molecule has 30 heavy (non-hydrogen) atoms. The monoisotopic (exact) mass is 422 g/mol. The first kappa shape index (κ1) is 19.3. The standard InChI is InChI=1S/C19H15ClN8O2/c20-17-4-2-1-3-14(17)10-27-11-15(9-22-27)19(30)24-23-18(29)13-5-7-16(8-6-13)28-12-21-25-26-28/h1-9,11-12H,10H2,(H,23,29)(H,24,30). The molecule has 0 aliphatic heterocycles. The normalized spacial score (nSPS) is 10.6. The van der Waals surface area contributed by atoms with E-state index in [1.165, 1.54) is 17.2 Å². The van der Waals surface area contributed by atoms with Gasteiger partial charge in [-0.15, -0.1) is 5.10 Å². The zero-order valence-electron chi connectivity index (χ0n) is 15.4. The Morgan fingerprint density at radius 1 is 0.967 bits per heavy atom. The number of tetrazole rings is 1. The summed E-state index contributed by atoms with van der Waals surface area (Å²) in [5.74, 6) is -0.950. The van der Waals surface area contributed by atoms with Gasteiger partial charge in [-0.1, -0.05) is 29.8 Å². The van der Waals surface area contributed by atoms with Crippen molar-refractivity contribution in [3.8, 4) is 5.69 Å². The Morgan fingerprint density at radius 2 is 1.70 bits per heavy atom. The number of halogens is 1. The zero-order valence-corrected chi connectivity index (χ0v) is 16.2. The third kappa shape index (κ3) is 4.33. The van der Waals surface area contributed by atoms with E-state index >= 15 is 0 Å². The molecule has 0 bridgehead atoms. The molecule has 4 rings (SSSR count). The van der Waals surface area contributed by atoms with Gasteiger partial charge in [-0.2, -0.15) is 5.10 Å². The highest BCUT2D eigenvalue weighted by Crippen LogP contribution is 2.16. The fourth-order valence-corrected chi connectivity index (χ4v) is 2.87. The molecule has 0 fully saturated rings. The molecule has 10 nitrogen and oxygen atoms in total. The second-order valence-corrected chi connectivity index (χ2v) is 6.63. The summed E-state index contributed by atoms with van der Waals surface area (Å²) < 4.78 is 3.05. The summed E-state index contributed by atoms with van der Waals surface area (Å²) in [5, 5.41) is 15.7. The molecule has 0 atom stereocenters. The molecule has 2 amide bonds. The number of aromatic nitrogens is 6. The molecule has 0 radical (unpaired) electrons. The summed E-state index contributed by atoms with van der Waals surface area (Å²) in [4.78, 5) is 24.5. The molecule has 2 aromatic carbocycles. The van der Waals surface area contributed by atoms with Crippen molar-refractivity contribution in [2.45, 2.75) is 6.54 Å². The molecule has 0 saturated heterocycles. The van der Waals surface area contributed by atoms with E-state index in [0.29, 0.717) is 28.4 Å². The van der Waals surface area contributed by atoms with E-state index in [0.717, 1.165) is 5.56 Å². The van der Waals surface area contributed by atoms with Crippen LogP contribution in [0.2, 0.25) is 5.02 Å². The van der Waals surface area contributed by atoms with Crippen LogP contribution in [0.1, 0.15) is 26.3 Å². The molecule has 0 spiro atoms. The van der Waals surface area contributed by atoms with E-state index in [1.54, 1.807) is 41.2 Å². The van der Waals surface area contributed by atoms with Gasteiger partial charge in [0.1, 0.15) is 6.33 Å². The first-order chi connectivity index (χ1) is 14.6. The lowest BCUT2D eigenvalue weighted by molar-refractivity contribution is 0.0846. The Labute approximate surface area is 175 Å². The van der Waals surface area contributed by atoms with Gasteiger partial charge in [0.15, 0.2) is 0 Å². The van der Waals surface area contributed by atoms with Crippen LogP contribution in [-0.2, 0) is 6.54 Å². The van der Waals surface area contributed by atoms with Crippen LogP contribution in [0.4, 0.5) is 0 Å². The van der Waals surface area contributed by atoms with Crippen molar-refractivity contribution >= 4 is 23.4 Å². The van der Waals surface area contributed by atoms with Crippen LogP contribution in [0.3, 0.4) is 0 Å². The fraction of sp³-hybridized carbons (Fsp3) is 0.0526. The minimum absolute atomic E-state index is 0.302. The average molecular weight is 423 g/mol. The number of rotatable bonds is 5. The number of carbonyl (C=O) groups is 2. The maximum absolute atomic E-state index is 12.3. The lowest BCUT2D eigenvalue weighted by Gasteiger charge is -2.07. The molecule has 0 aliphatic carbocycles. The van der Waals surface area contributed by atoms with Crippen LogP contribution >= 0.6 is 11.6 Å². The average Bonchev–Trinajstić information content (AvgIpc) is 3.46. The molecule has 4 aromatic rings. The topological polar surface area (TPSA) is 120 Å². The van der Waals surface area contributed by atoms with Crippen LogP contribution in [0, 0.1) is 0 Å². The molecule has 0 unspecified atom stereocenters. The van der Waals surface area contributed by atoms with Crippen LogP contribution in [0.5, 0.6) is 0 Å². The van der Waals surface area contributed by atoms with Gasteiger partial charge in [0.25, 0.3) is 11.8 Å². The van der Waals surface area contributed by atoms with Gasteiger partial charge >= 0.3 is 0 Å². The van der Waals surface area contributed by atoms with Gasteiger partial charge in [-0.25, -0.2) is 4.68 Å². The predicted molar refractivity (Wildman–Crippen MR) is 107 cm³/mol. The lowest BCUT2D eigenvalue weighted by atomic mass is 10.2. The van der Waals surface area contributed by atoms with Gasteiger partial charge in [0.2, 0.25) is 0 Å². The van der Waals surface area contributed by atoms with Crippen molar-refractivity contribution in [3.63, 3.8) is 0 Å². The maximum atomic E-state index is 12.3. The van der Waals surface area contributed by atoms with Gasteiger partial charge in [0.05, 0.1) is 24.0 Å². The predicted octanol–water partition coefficient (Wildman–Crippen LogP) is 1.64. The second kappa shape index (κ2) is 8.53. The maximum Gasteiger partial charge on any atom is 0.272 e. The highest BCUT2D eigenvalue weighted by molar-refractivity contribution is 6.31. The SMILES string of the molecule is O=C(NNC(=O)c1cnn(Cc2ccccc2Cl)c1)c1ccc(-n2cnnn2)cc1. The Hall–Kier alpha value is -4.05. The summed E-state index contributed by atoms with van der Waals surface area (Å²) >= 11 is 6.15. The van der Waals surface area contributed by atoms with Crippen molar-refractivity contribution in [1.29, 1.82) is 0 Å². The lowest BCUT2D eigenvalue weighted by Crippen LogP contribution is -2.41. The van der Waals surface area contributed by atoms with Crippen LogP contribution in [0.15, 0.2) is 67.3 Å². The van der Waals surface area contributed by atoms with Crippen LogP contribution in [0.25, 0.3) is 5.69 Å². The number of hydrogen-bond acceptors (Lipinski definition) is 6. The number of hydrazine groups is 1. The minimum Gasteiger partial charge on any atom is -0.267 e. The van der Waals surface area contributed by atoms with E-state index in [9.17, 15) is 9.59 Å². The molecule has 150 valence electrons. The zero-order chi connectivity index (χ0) is 20.9. The highest BCUT2D eigenvalue weighted by atomic mass is 35.5. The number of amides is 2. The van der Waals surface area contributed by atoms with E-state index in [-0.39, 0.29) is 0 Å². The molecule has 11 heteroatoms. The summed E-state index contributed by atoms with van der Waals surface area (Å²) in [6, 6.07) is 14.0. The Bertz CT molecular complexity index is 1170. The minimum atomic E-state index is -0.487. The Balaban J connectivity index is 1.34. The first-order valence-corrected chi connectivity index (χ1v) is 9.18. The smallest absolute Gasteiger partial charge is 0.267 e. The fourth-order valence-electron chi connectivity index (χ4n) is 2.67. The molecule has 2 N–H and O–H groups in total. The summed E-state index contributed by atoms with van der Waals surface area (Å²) in [7, 11) is 0. The van der Waals surface area contributed by atoms with Gasteiger partial charge in [-0.3, -0.25) is 25.1 Å². The first-order valence-electron chi connectivity index (χ1n) is 8.80. The Morgan fingerprint density at radius 3 is 2.40 bits per heavy atom. The van der Waals surface area contributed by atoms with E-state index in [4.69, 9.17) is 11.6 Å². The number of benzene rings is 2. The number of hydrogen-bond donors (Lipinski definition) is 2. The molecule has 2 aromatic heterocycles. The molecule has 0 aliphatic rings. The van der Waals surface area contributed by atoms with Crippen LogP contribution in [-0.4, -0.2) is 41.8 Å². The molecule has 0 saturated carbocycles. The highest BCUT2D eigenvalue weighted by Gasteiger charge is 2.12. The quantitative estimate of drug-likeness (QED) is 0.472. The van der Waals surface area contributed by atoms with Crippen LogP contribution < -0.4 is 10.9 Å². The number of nitrogens with zero attached hydrogens (tertiary/aromatic N) is 6. The van der Waals surface area contributed by atoms with Gasteiger partial charge in [0, 0.05) is 16.8 Å². The molecular weight excluding hydrogens is 408 g/mol. The number of nitrogens with one attached hydrogen (secondary N) is 2. The summed E-state index contributed by atoms with van der Waals surface area (Å²) in [6.07, 6.45) is 4.44. The van der Waals surface area contributed by atoms with E-state index in [2.05, 4.69) is 31.5 Å². The van der Waals surface area contributed by atoms with E-state index in [1.807, 2.05) is 18.2 Å². The molecule has 2 heterocycles. The van der Waals surface area contributed by atoms with Crippen molar-refractivity contribution in [2.75, 3.05) is 0 Å². The Kier molecular flexibility index (Phi) is 5.48. The van der Waals surface area contributed by atoms with E-state index < -0.39 is 11.8 Å². The summed E-state index contributed by atoms with van der Waals surface area (Å²) in [5.41, 5.74) is 7.00. The third-order valence-corrected chi connectivity index (χ3v) is 4.59. The van der Waals surface area contributed by atoms with Crippen molar-refractivity contribution < 1.29 is 9.59 Å². The van der Waals surface area contributed by atoms with Gasteiger partial charge < -0.3 is 0 Å².